The number of hydrogen-bond acceptors (Lipinski definition) is 5. The second-order valence-electron chi connectivity index (χ2n) is 5.28. The van der Waals surface area contributed by atoms with Crippen LogP contribution in [0.2, 0.25) is 0 Å². The van der Waals surface area contributed by atoms with Gasteiger partial charge >= 0.3 is 0 Å². The highest BCUT2D eigenvalue weighted by atomic mass is 16.5. The summed E-state index contributed by atoms with van der Waals surface area (Å²) in [6, 6.07) is 8.06. The molecule has 0 fully saturated rings. The molecule has 0 bridgehead atoms. The molecule has 0 spiro atoms. The van der Waals surface area contributed by atoms with Gasteiger partial charge in [-0.05, 0) is 24.5 Å². The van der Waals surface area contributed by atoms with Crippen LogP contribution >= 0.6 is 0 Å². The lowest BCUT2D eigenvalue weighted by Crippen LogP contribution is -2.17. The summed E-state index contributed by atoms with van der Waals surface area (Å²) >= 11 is 0. The number of ether oxygens (including phenoxy) is 1. The lowest BCUT2D eigenvalue weighted by atomic mass is 10.2. The van der Waals surface area contributed by atoms with E-state index in [4.69, 9.17) is 4.74 Å². The quantitative estimate of drug-likeness (QED) is 0.781. The van der Waals surface area contributed by atoms with Crippen LogP contribution in [0.3, 0.4) is 0 Å². The summed E-state index contributed by atoms with van der Waals surface area (Å²) < 4.78 is 5.17. The highest BCUT2D eigenvalue weighted by Crippen LogP contribution is 2.22. The van der Waals surface area contributed by atoms with Crippen LogP contribution in [0.25, 0.3) is 10.9 Å². The molecule has 0 saturated heterocycles. The van der Waals surface area contributed by atoms with Gasteiger partial charge in [0, 0.05) is 25.6 Å². The molecule has 5 heteroatoms. The van der Waals surface area contributed by atoms with Crippen molar-refractivity contribution in [2.24, 2.45) is 5.92 Å². The Bertz CT molecular complexity index is 573. The second kappa shape index (κ2) is 7.78. The Labute approximate surface area is 126 Å². The van der Waals surface area contributed by atoms with Gasteiger partial charge in [-0.2, -0.15) is 4.98 Å². The molecule has 2 N–H and O–H groups in total. The molecule has 0 aliphatic carbocycles. The Kier molecular flexibility index (Phi) is 5.75. The van der Waals surface area contributed by atoms with Crippen molar-refractivity contribution in [2.45, 2.75) is 20.3 Å². The molecule has 21 heavy (non-hydrogen) atoms. The first-order valence-corrected chi connectivity index (χ1v) is 7.48. The maximum Gasteiger partial charge on any atom is 0.225 e. The summed E-state index contributed by atoms with van der Waals surface area (Å²) in [5, 5.41) is 7.72. The zero-order valence-corrected chi connectivity index (χ0v) is 13.0. The van der Waals surface area contributed by atoms with Gasteiger partial charge < -0.3 is 15.4 Å². The van der Waals surface area contributed by atoms with E-state index in [-0.39, 0.29) is 0 Å². The lowest BCUT2D eigenvalue weighted by Gasteiger charge is -2.14. The molecule has 0 aliphatic rings. The standard InChI is InChI=1S/C16H24N4O/c1-4-9-17-16-19-14-8-6-5-7-13(14)15(20-16)18-10-12(2)11-21-3/h5-8,12H,4,9-11H2,1-3H3,(H2,17,18,19,20). The predicted octanol–water partition coefficient (Wildman–Crippen LogP) is 3.15. The van der Waals surface area contributed by atoms with Crippen LogP contribution in [0.15, 0.2) is 24.3 Å². The van der Waals surface area contributed by atoms with Gasteiger partial charge in [0.1, 0.15) is 5.82 Å². The number of para-hydroxylation sites is 1. The average Bonchev–Trinajstić information content (AvgIpc) is 2.51. The van der Waals surface area contributed by atoms with Gasteiger partial charge in [0.05, 0.1) is 12.1 Å². The number of anilines is 2. The van der Waals surface area contributed by atoms with Crippen LogP contribution in [-0.4, -0.2) is 36.8 Å². The SMILES string of the molecule is CCCNc1nc(NCC(C)COC)c2ccccc2n1. The predicted molar refractivity (Wildman–Crippen MR) is 87.8 cm³/mol. The molecule has 0 saturated carbocycles. The van der Waals surface area contributed by atoms with Crippen molar-refractivity contribution in [1.29, 1.82) is 0 Å². The monoisotopic (exact) mass is 288 g/mol. The van der Waals surface area contributed by atoms with E-state index in [9.17, 15) is 0 Å². The molecule has 2 aromatic rings. The van der Waals surface area contributed by atoms with Gasteiger partial charge in [-0.1, -0.05) is 26.0 Å². The maximum absolute atomic E-state index is 5.17. The summed E-state index contributed by atoms with van der Waals surface area (Å²) in [6.45, 7) is 6.70. The van der Waals surface area contributed by atoms with Gasteiger partial charge in [-0.3, -0.25) is 0 Å². The third kappa shape index (κ3) is 4.29. The van der Waals surface area contributed by atoms with Crippen molar-refractivity contribution in [3.8, 4) is 0 Å². The third-order valence-corrected chi connectivity index (χ3v) is 3.21. The number of fused-ring (bicyclic) bond motifs is 1. The van der Waals surface area contributed by atoms with E-state index in [2.05, 4.69) is 34.4 Å². The minimum atomic E-state index is 0.427. The normalized spacial score (nSPS) is 12.3. The molecule has 0 amide bonds. The fraction of sp³-hybridized carbons (Fsp3) is 0.500. The van der Waals surface area contributed by atoms with Crippen molar-refractivity contribution in [2.75, 3.05) is 37.4 Å². The van der Waals surface area contributed by atoms with E-state index >= 15 is 0 Å². The average molecular weight is 288 g/mol. The Morgan fingerprint density at radius 2 is 2.00 bits per heavy atom. The van der Waals surface area contributed by atoms with E-state index < -0.39 is 0 Å². The van der Waals surface area contributed by atoms with Crippen molar-refractivity contribution in [3.05, 3.63) is 24.3 Å². The largest absolute Gasteiger partial charge is 0.384 e. The van der Waals surface area contributed by atoms with Gasteiger partial charge in [0.25, 0.3) is 0 Å². The van der Waals surface area contributed by atoms with Crippen LogP contribution in [0.5, 0.6) is 0 Å². The fourth-order valence-corrected chi connectivity index (χ4v) is 2.14. The summed E-state index contributed by atoms with van der Waals surface area (Å²) in [6.07, 6.45) is 1.05. The van der Waals surface area contributed by atoms with E-state index in [1.165, 1.54) is 0 Å². The number of hydrogen-bond donors (Lipinski definition) is 2. The summed E-state index contributed by atoms with van der Waals surface area (Å²) in [4.78, 5) is 9.15. The topological polar surface area (TPSA) is 59.1 Å². The first-order chi connectivity index (χ1) is 10.2. The fourth-order valence-electron chi connectivity index (χ4n) is 2.14. The molecule has 0 radical (unpaired) electrons. The zero-order chi connectivity index (χ0) is 15.1. The Balaban J connectivity index is 2.22. The van der Waals surface area contributed by atoms with Crippen LogP contribution in [0.4, 0.5) is 11.8 Å². The van der Waals surface area contributed by atoms with E-state index in [1.807, 2.05) is 24.3 Å². The highest BCUT2D eigenvalue weighted by Gasteiger charge is 2.08. The summed E-state index contributed by atoms with van der Waals surface area (Å²) in [5.74, 6) is 1.98. The van der Waals surface area contributed by atoms with E-state index in [0.717, 1.165) is 42.8 Å². The van der Waals surface area contributed by atoms with Gasteiger partial charge in [0.2, 0.25) is 5.95 Å². The van der Waals surface area contributed by atoms with Crippen molar-refractivity contribution in [1.82, 2.24) is 9.97 Å². The zero-order valence-electron chi connectivity index (χ0n) is 13.0. The number of nitrogens with one attached hydrogen (secondary N) is 2. The molecule has 1 aromatic heterocycles. The van der Waals surface area contributed by atoms with Crippen LogP contribution in [-0.2, 0) is 4.74 Å². The Morgan fingerprint density at radius 3 is 2.76 bits per heavy atom. The number of aromatic nitrogens is 2. The highest BCUT2D eigenvalue weighted by molar-refractivity contribution is 5.89. The molecule has 1 unspecified atom stereocenters. The molecular formula is C16H24N4O. The third-order valence-electron chi connectivity index (χ3n) is 3.21. The molecule has 114 valence electrons. The molecule has 5 nitrogen and oxygen atoms in total. The van der Waals surface area contributed by atoms with Crippen molar-refractivity contribution >= 4 is 22.7 Å². The molecule has 1 aromatic carbocycles. The van der Waals surface area contributed by atoms with Gasteiger partial charge in [0.15, 0.2) is 0 Å². The van der Waals surface area contributed by atoms with Crippen LogP contribution < -0.4 is 10.6 Å². The molecule has 0 aliphatic heterocycles. The minimum absolute atomic E-state index is 0.427. The number of benzene rings is 1. The minimum Gasteiger partial charge on any atom is -0.384 e. The first-order valence-electron chi connectivity index (χ1n) is 7.48. The maximum atomic E-state index is 5.17. The number of nitrogens with zero attached hydrogens (tertiary/aromatic N) is 2. The molecule has 2 rings (SSSR count). The van der Waals surface area contributed by atoms with E-state index in [1.54, 1.807) is 7.11 Å². The van der Waals surface area contributed by atoms with E-state index in [0.29, 0.717) is 11.9 Å². The van der Waals surface area contributed by atoms with Crippen molar-refractivity contribution in [3.63, 3.8) is 0 Å². The molecule has 1 atom stereocenters. The van der Waals surface area contributed by atoms with Gasteiger partial charge in [-0.15, -0.1) is 0 Å². The summed E-state index contributed by atoms with van der Waals surface area (Å²) in [5.41, 5.74) is 0.952. The van der Waals surface area contributed by atoms with Gasteiger partial charge in [-0.25, -0.2) is 4.98 Å². The molecular weight excluding hydrogens is 264 g/mol. The Hall–Kier alpha value is -1.88. The number of rotatable bonds is 8. The second-order valence-corrected chi connectivity index (χ2v) is 5.28. The van der Waals surface area contributed by atoms with Crippen molar-refractivity contribution < 1.29 is 4.74 Å². The summed E-state index contributed by atoms with van der Waals surface area (Å²) in [7, 11) is 1.73. The van der Waals surface area contributed by atoms with Crippen LogP contribution in [0, 0.1) is 5.92 Å². The lowest BCUT2D eigenvalue weighted by molar-refractivity contribution is 0.164. The van der Waals surface area contributed by atoms with Crippen LogP contribution in [0.1, 0.15) is 20.3 Å². The first kappa shape index (κ1) is 15.5. The smallest absolute Gasteiger partial charge is 0.225 e. The Morgan fingerprint density at radius 1 is 1.19 bits per heavy atom. The number of methoxy groups -OCH3 is 1. The molecule has 1 heterocycles.